The van der Waals surface area contributed by atoms with E-state index in [9.17, 15) is 9.59 Å². The molecule has 2 fully saturated rings. The number of nitrogens with one attached hydrogen (secondary N) is 1. The van der Waals surface area contributed by atoms with Gasteiger partial charge in [-0.1, -0.05) is 18.6 Å². The smallest absolute Gasteiger partial charge is 0.335 e. The first kappa shape index (κ1) is 19.3. The largest absolute Gasteiger partial charge is 0.478 e. The molecule has 7 rings (SSSR count). The molecule has 164 valence electrons. The van der Waals surface area contributed by atoms with E-state index in [0.717, 1.165) is 44.0 Å². The zero-order chi connectivity index (χ0) is 22.0. The second-order valence-corrected chi connectivity index (χ2v) is 9.31. The fourth-order valence-corrected chi connectivity index (χ4v) is 6.16. The molecule has 0 radical (unpaired) electrons. The van der Waals surface area contributed by atoms with Gasteiger partial charge >= 0.3 is 12.0 Å². The van der Waals surface area contributed by atoms with Gasteiger partial charge in [-0.3, -0.25) is 9.78 Å². The number of aromatic nitrogens is 4. The number of benzene rings is 1. The first-order valence-corrected chi connectivity index (χ1v) is 11.2. The van der Waals surface area contributed by atoms with Crippen molar-refractivity contribution >= 4 is 17.1 Å². The molecular weight excluding hydrogens is 408 g/mol. The maximum Gasteiger partial charge on any atom is 0.335 e. The molecule has 0 aliphatic heterocycles. The number of rotatable bonds is 6. The lowest BCUT2D eigenvalue weighted by atomic mass is 9.74. The van der Waals surface area contributed by atoms with Crippen LogP contribution >= 0.6 is 0 Å². The minimum atomic E-state index is -1.01. The van der Waals surface area contributed by atoms with Crippen LogP contribution in [0.2, 0.25) is 0 Å². The number of hydrogen-bond donors (Lipinski definition) is 2. The number of ether oxygens (including phenoxy) is 1. The van der Waals surface area contributed by atoms with Crippen molar-refractivity contribution in [3.8, 4) is 11.8 Å². The molecular formula is C24H24N4O4. The van der Waals surface area contributed by atoms with Crippen LogP contribution in [0.4, 0.5) is 0 Å². The van der Waals surface area contributed by atoms with E-state index in [1.165, 1.54) is 36.3 Å². The molecule has 3 atom stereocenters. The predicted octanol–water partition coefficient (Wildman–Crippen LogP) is 4.02. The van der Waals surface area contributed by atoms with Gasteiger partial charge in [0.05, 0.1) is 11.0 Å². The Morgan fingerprint density at radius 2 is 2.09 bits per heavy atom. The zero-order valence-electron chi connectivity index (χ0n) is 17.8. The minimum Gasteiger partial charge on any atom is -0.478 e. The lowest BCUT2D eigenvalue weighted by Gasteiger charge is -2.32. The summed E-state index contributed by atoms with van der Waals surface area (Å²) in [6.07, 6.45) is 7.97. The van der Waals surface area contributed by atoms with Crippen molar-refractivity contribution in [1.82, 2.24) is 19.5 Å². The van der Waals surface area contributed by atoms with Gasteiger partial charge in [-0.05, 0) is 68.2 Å². The van der Waals surface area contributed by atoms with Crippen molar-refractivity contribution < 1.29 is 14.6 Å². The maximum absolute atomic E-state index is 13.1. The van der Waals surface area contributed by atoms with Crippen LogP contribution in [0.25, 0.3) is 11.2 Å². The number of allylic oxidation sites excluding steroid dienone is 2. The average Bonchev–Trinajstić information content (AvgIpc) is 3.33. The van der Waals surface area contributed by atoms with E-state index in [-0.39, 0.29) is 22.5 Å². The van der Waals surface area contributed by atoms with Gasteiger partial charge in [-0.2, -0.15) is 4.98 Å². The van der Waals surface area contributed by atoms with Crippen LogP contribution in [-0.2, 0) is 12.0 Å². The lowest BCUT2D eigenvalue weighted by Crippen LogP contribution is -2.31. The second-order valence-electron chi connectivity index (χ2n) is 9.31. The highest BCUT2D eigenvalue weighted by Crippen LogP contribution is 2.62. The number of carboxylic acid groups (broad SMARTS) is 1. The second kappa shape index (κ2) is 6.79. The van der Waals surface area contributed by atoms with E-state index < -0.39 is 5.97 Å². The van der Waals surface area contributed by atoms with E-state index in [1.54, 1.807) is 0 Å². The molecule has 2 saturated carbocycles. The summed E-state index contributed by atoms with van der Waals surface area (Å²) in [6.45, 7) is 2.82. The quantitative estimate of drug-likeness (QED) is 0.570. The van der Waals surface area contributed by atoms with E-state index in [0.29, 0.717) is 22.8 Å². The van der Waals surface area contributed by atoms with Crippen molar-refractivity contribution in [3.63, 3.8) is 0 Å². The fraction of sp³-hybridized carbons (Fsp3) is 0.417. The lowest BCUT2D eigenvalue weighted by molar-refractivity contribution is 0.0697. The molecule has 3 unspecified atom stereocenters. The molecule has 2 N–H and O–H groups in total. The molecule has 8 heteroatoms. The standard InChI is InChI=1S/C24H24N4O4/c1-2-7-28-18-19(25-22(28)24-11-13-8-14(12-24)10-16(24)9-13)26-23(27-20(18)29)32-17-5-3-15(4-6-17)21(30)31/h3-6,9,13-14H,2,7-8,10-12H2,1H3,(H,30,31)(H,26,27,29). The third-order valence-corrected chi connectivity index (χ3v) is 7.23. The summed E-state index contributed by atoms with van der Waals surface area (Å²) in [4.78, 5) is 36.3. The molecule has 4 aliphatic rings. The molecule has 0 saturated heterocycles. The number of nitrogens with zero attached hydrogens (tertiary/aromatic N) is 3. The molecule has 0 amide bonds. The number of hydrogen-bond acceptors (Lipinski definition) is 5. The predicted molar refractivity (Wildman–Crippen MR) is 117 cm³/mol. The summed E-state index contributed by atoms with van der Waals surface area (Å²) in [7, 11) is 0. The number of aromatic carboxylic acids is 1. The number of carboxylic acids is 1. The highest BCUT2D eigenvalue weighted by Gasteiger charge is 2.56. The number of fused-ring (bicyclic) bond motifs is 1. The van der Waals surface area contributed by atoms with Gasteiger partial charge in [0, 0.05) is 6.54 Å². The maximum atomic E-state index is 13.1. The first-order valence-electron chi connectivity index (χ1n) is 11.2. The molecule has 1 aromatic carbocycles. The SMILES string of the molecule is CCCn1c(C23CC4C=C2CC(C4)C3)nc2nc(Oc3ccc(C(=O)O)cc3)[nH]c(=O)c21. The summed E-state index contributed by atoms with van der Waals surface area (Å²) in [5, 5.41) is 9.05. The Labute approximate surface area is 184 Å². The van der Waals surface area contributed by atoms with Crippen LogP contribution in [0.3, 0.4) is 0 Å². The highest BCUT2D eigenvalue weighted by molar-refractivity contribution is 5.87. The Morgan fingerprint density at radius 3 is 2.81 bits per heavy atom. The van der Waals surface area contributed by atoms with E-state index in [2.05, 4.69) is 27.5 Å². The molecule has 0 spiro atoms. The van der Waals surface area contributed by atoms with Gasteiger partial charge in [0.25, 0.3) is 5.56 Å². The molecule has 2 aromatic heterocycles. The third kappa shape index (κ3) is 2.75. The van der Waals surface area contributed by atoms with Crippen molar-refractivity contribution in [2.24, 2.45) is 11.8 Å². The van der Waals surface area contributed by atoms with Crippen LogP contribution in [0.5, 0.6) is 11.8 Å². The summed E-state index contributed by atoms with van der Waals surface area (Å²) in [6, 6.07) is 6.01. The summed E-state index contributed by atoms with van der Waals surface area (Å²) in [5.74, 6) is 1.71. The molecule has 3 aromatic rings. The van der Waals surface area contributed by atoms with Crippen LogP contribution < -0.4 is 10.3 Å². The Balaban J connectivity index is 1.42. The van der Waals surface area contributed by atoms with Gasteiger partial charge in [-0.15, -0.1) is 0 Å². The Bertz CT molecular complexity index is 1340. The topological polar surface area (TPSA) is 110 Å². The van der Waals surface area contributed by atoms with Crippen molar-refractivity contribution in [3.05, 3.63) is 57.7 Å². The molecule has 2 heterocycles. The van der Waals surface area contributed by atoms with Gasteiger partial charge in [0.2, 0.25) is 0 Å². The molecule has 4 bridgehead atoms. The van der Waals surface area contributed by atoms with E-state index >= 15 is 0 Å². The third-order valence-electron chi connectivity index (χ3n) is 7.23. The van der Waals surface area contributed by atoms with Crippen molar-refractivity contribution in [2.75, 3.05) is 0 Å². The van der Waals surface area contributed by atoms with Crippen molar-refractivity contribution in [1.29, 1.82) is 0 Å². The number of aromatic amines is 1. The summed E-state index contributed by atoms with van der Waals surface area (Å²) < 4.78 is 7.81. The van der Waals surface area contributed by atoms with E-state index in [4.69, 9.17) is 14.8 Å². The van der Waals surface area contributed by atoms with Crippen LogP contribution in [0, 0.1) is 11.8 Å². The number of aryl methyl sites for hydroxylation is 1. The molecule has 4 aliphatic carbocycles. The zero-order valence-corrected chi connectivity index (χ0v) is 17.8. The van der Waals surface area contributed by atoms with Crippen LogP contribution in [-0.4, -0.2) is 30.6 Å². The normalized spacial score (nSPS) is 25.5. The van der Waals surface area contributed by atoms with Gasteiger partial charge in [0.15, 0.2) is 11.2 Å². The Hall–Kier alpha value is -3.42. The Morgan fingerprint density at radius 1 is 1.28 bits per heavy atom. The molecule has 8 nitrogen and oxygen atoms in total. The molecule has 32 heavy (non-hydrogen) atoms. The summed E-state index contributed by atoms with van der Waals surface area (Å²) >= 11 is 0. The number of H-pyrrole nitrogens is 1. The summed E-state index contributed by atoms with van der Waals surface area (Å²) in [5.41, 5.74) is 2.22. The minimum absolute atomic E-state index is 0.0484. The van der Waals surface area contributed by atoms with Crippen molar-refractivity contribution in [2.45, 2.75) is 51.0 Å². The monoisotopic (exact) mass is 432 g/mol. The number of imidazole rings is 1. The fourth-order valence-electron chi connectivity index (χ4n) is 6.16. The van der Waals surface area contributed by atoms with Crippen LogP contribution in [0.1, 0.15) is 55.2 Å². The van der Waals surface area contributed by atoms with Gasteiger partial charge < -0.3 is 14.4 Å². The van der Waals surface area contributed by atoms with Gasteiger partial charge in [-0.25, -0.2) is 9.78 Å². The van der Waals surface area contributed by atoms with E-state index in [1.807, 2.05) is 0 Å². The van der Waals surface area contributed by atoms with Crippen LogP contribution in [0.15, 0.2) is 40.7 Å². The highest BCUT2D eigenvalue weighted by atomic mass is 16.5. The van der Waals surface area contributed by atoms with Gasteiger partial charge in [0.1, 0.15) is 11.6 Å². The first-order chi connectivity index (χ1) is 15.5. The number of carbonyl (C=O) groups is 1. The average molecular weight is 432 g/mol. The Kier molecular flexibility index (Phi) is 4.09.